The molecule has 1 atom stereocenters. The fourth-order valence-corrected chi connectivity index (χ4v) is 1.18. The Morgan fingerprint density at radius 1 is 1.73 bits per heavy atom. The van der Waals surface area contributed by atoms with Gasteiger partial charge in [0.2, 0.25) is 0 Å². The molecule has 0 unspecified atom stereocenters. The Balaban J connectivity index is 2.69. The Morgan fingerprint density at radius 3 is 3.00 bits per heavy atom. The fraction of sp³-hybridized carbons (Fsp3) is 0.500. The van der Waals surface area contributed by atoms with E-state index in [1.54, 1.807) is 13.0 Å². The normalized spacial score (nSPS) is 27.2. The topological polar surface area (TPSA) is 43.4 Å². The van der Waals surface area contributed by atoms with Gasteiger partial charge in [0, 0.05) is 17.9 Å². The summed E-state index contributed by atoms with van der Waals surface area (Å²) >= 11 is 0. The molecule has 0 spiro atoms. The lowest BCUT2D eigenvalue weighted by Crippen LogP contribution is -2.03. The van der Waals surface area contributed by atoms with E-state index in [0.29, 0.717) is 18.6 Å². The zero-order valence-electron chi connectivity index (χ0n) is 6.37. The molecule has 1 aliphatic rings. The van der Waals surface area contributed by atoms with Gasteiger partial charge < -0.3 is 9.53 Å². The summed E-state index contributed by atoms with van der Waals surface area (Å²) in [6, 6.07) is 0. The average Bonchev–Trinajstić information content (AvgIpc) is 2.33. The summed E-state index contributed by atoms with van der Waals surface area (Å²) in [6.07, 6.45) is 2.91. The number of carbonyl (C=O) groups excluding carboxylic acids is 2. The third-order valence-electron chi connectivity index (χ3n) is 1.78. The first-order valence-electron chi connectivity index (χ1n) is 3.56. The monoisotopic (exact) mass is 154 g/mol. The van der Waals surface area contributed by atoms with Crippen molar-refractivity contribution in [3.05, 3.63) is 11.6 Å². The highest BCUT2D eigenvalue weighted by Gasteiger charge is 2.28. The minimum absolute atomic E-state index is 0.00926. The van der Waals surface area contributed by atoms with Gasteiger partial charge in [-0.25, -0.2) is 4.79 Å². The summed E-state index contributed by atoms with van der Waals surface area (Å²) in [4.78, 5) is 21.0. The smallest absolute Gasteiger partial charge is 0.334 e. The van der Waals surface area contributed by atoms with Crippen LogP contribution in [0.15, 0.2) is 11.6 Å². The van der Waals surface area contributed by atoms with Gasteiger partial charge in [-0.05, 0) is 6.92 Å². The van der Waals surface area contributed by atoms with Crippen LogP contribution in [0.2, 0.25) is 0 Å². The maximum atomic E-state index is 10.9. The van der Waals surface area contributed by atoms with E-state index in [-0.39, 0.29) is 11.9 Å². The van der Waals surface area contributed by atoms with Crippen molar-refractivity contribution in [3.8, 4) is 0 Å². The SMILES string of the molecule is C/C=C1\C(=O)OC[C@@H]1CC=O. The van der Waals surface area contributed by atoms with E-state index in [9.17, 15) is 9.59 Å². The standard InChI is InChI=1S/C8H10O3/c1-2-7-6(3-4-9)5-11-8(7)10/h2,4,6H,3,5H2,1H3/b7-2-/t6-/m0/s1. The van der Waals surface area contributed by atoms with Crippen LogP contribution in [0.25, 0.3) is 0 Å². The molecule has 0 amide bonds. The number of aldehydes is 1. The van der Waals surface area contributed by atoms with Gasteiger partial charge in [-0.1, -0.05) is 6.08 Å². The molecule has 0 N–H and O–H groups in total. The number of hydrogen-bond donors (Lipinski definition) is 0. The number of esters is 1. The molecular weight excluding hydrogens is 144 g/mol. The van der Waals surface area contributed by atoms with Crippen LogP contribution in [-0.4, -0.2) is 18.9 Å². The van der Waals surface area contributed by atoms with Crippen LogP contribution in [0.5, 0.6) is 0 Å². The lowest BCUT2D eigenvalue weighted by molar-refractivity contribution is -0.135. The molecule has 0 aliphatic carbocycles. The second-order valence-corrected chi connectivity index (χ2v) is 2.44. The highest BCUT2D eigenvalue weighted by atomic mass is 16.5. The van der Waals surface area contributed by atoms with Crippen molar-refractivity contribution in [1.82, 2.24) is 0 Å². The van der Waals surface area contributed by atoms with E-state index in [1.165, 1.54) is 0 Å². The molecule has 60 valence electrons. The molecule has 0 bridgehead atoms. The van der Waals surface area contributed by atoms with E-state index in [0.717, 1.165) is 6.29 Å². The van der Waals surface area contributed by atoms with Crippen molar-refractivity contribution in [3.63, 3.8) is 0 Å². The molecule has 0 aromatic rings. The Kier molecular flexibility index (Phi) is 2.41. The van der Waals surface area contributed by atoms with Crippen LogP contribution in [0.1, 0.15) is 13.3 Å². The third-order valence-corrected chi connectivity index (χ3v) is 1.78. The van der Waals surface area contributed by atoms with Gasteiger partial charge in [-0.2, -0.15) is 0 Å². The summed E-state index contributed by atoms with van der Waals surface area (Å²) in [7, 11) is 0. The van der Waals surface area contributed by atoms with E-state index < -0.39 is 0 Å². The zero-order chi connectivity index (χ0) is 8.27. The summed E-state index contributed by atoms with van der Waals surface area (Å²) in [5.74, 6) is -0.288. The quantitative estimate of drug-likeness (QED) is 0.334. The maximum Gasteiger partial charge on any atom is 0.334 e. The molecule has 3 nitrogen and oxygen atoms in total. The van der Waals surface area contributed by atoms with Crippen LogP contribution >= 0.6 is 0 Å². The Labute approximate surface area is 65.0 Å². The molecule has 0 saturated carbocycles. The van der Waals surface area contributed by atoms with Gasteiger partial charge in [0.25, 0.3) is 0 Å². The zero-order valence-corrected chi connectivity index (χ0v) is 6.37. The highest BCUT2D eigenvalue weighted by Crippen LogP contribution is 2.22. The molecule has 1 saturated heterocycles. The minimum atomic E-state index is -0.278. The van der Waals surface area contributed by atoms with E-state index >= 15 is 0 Å². The van der Waals surface area contributed by atoms with Gasteiger partial charge in [0.05, 0.1) is 6.61 Å². The van der Waals surface area contributed by atoms with Gasteiger partial charge in [0.15, 0.2) is 0 Å². The van der Waals surface area contributed by atoms with Crippen molar-refractivity contribution in [2.75, 3.05) is 6.61 Å². The van der Waals surface area contributed by atoms with Crippen molar-refractivity contribution in [1.29, 1.82) is 0 Å². The first-order valence-corrected chi connectivity index (χ1v) is 3.56. The first kappa shape index (κ1) is 7.98. The molecule has 1 rings (SSSR count). The van der Waals surface area contributed by atoms with E-state index in [2.05, 4.69) is 0 Å². The summed E-state index contributed by atoms with van der Waals surface area (Å²) < 4.78 is 4.76. The maximum absolute atomic E-state index is 10.9. The van der Waals surface area contributed by atoms with Crippen LogP contribution < -0.4 is 0 Å². The predicted molar refractivity (Wildman–Crippen MR) is 38.9 cm³/mol. The molecule has 11 heavy (non-hydrogen) atoms. The molecule has 3 heteroatoms. The van der Waals surface area contributed by atoms with Crippen LogP contribution in [0.4, 0.5) is 0 Å². The third kappa shape index (κ3) is 1.48. The van der Waals surface area contributed by atoms with E-state index in [1.807, 2.05) is 0 Å². The first-order chi connectivity index (χ1) is 5.29. The number of carbonyl (C=O) groups is 2. The lowest BCUT2D eigenvalue weighted by Gasteiger charge is -1.99. The molecule has 0 aromatic carbocycles. The largest absolute Gasteiger partial charge is 0.462 e. The Morgan fingerprint density at radius 2 is 2.45 bits per heavy atom. The molecule has 1 fully saturated rings. The number of hydrogen-bond acceptors (Lipinski definition) is 3. The minimum Gasteiger partial charge on any atom is -0.462 e. The molecular formula is C8H10O3. The van der Waals surface area contributed by atoms with Gasteiger partial charge in [-0.3, -0.25) is 0 Å². The fourth-order valence-electron chi connectivity index (χ4n) is 1.18. The summed E-state index contributed by atoms with van der Waals surface area (Å²) in [5.41, 5.74) is 0.636. The number of rotatable bonds is 2. The Bertz CT molecular complexity index is 205. The number of ether oxygens (including phenoxy) is 1. The van der Waals surface area contributed by atoms with Gasteiger partial charge in [0.1, 0.15) is 6.29 Å². The second kappa shape index (κ2) is 3.32. The highest BCUT2D eigenvalue weighted by molar-refractivity contribution is 5.91. The number of cyclic esters (lactones) is 1. The van der Waals surface area contributed by atoms with Gasteiger partial charge in [-0.15, -0.1) is 0 Å². The lowest BCUT2D eigenvalue weighted by atomic mass is 10.00. The van der Waals surface area contributed by atoms with Crippen LogP contribution in [0, 0.1) is 5.92 Å². The molecule has 1 heterocycles. The molecule has 0 radical (unpaired) electrons. The molecule has 0 aromatic heterocycles. The predicted octanol–water partition coefficient (Wildman–Crippen LogP) is 0.695. The van der Waals surface area contributed by atoms with Crippen molar-refractivity contribution in [2.45, 2.75) is 13.3 Å². The Hall–Kier alpha value is -1.12. The number of allylic oxidation sites excluding steroid dienone is 1. The van der Waals surface area contributed by atoms with Crippen molar-refractivity contribution >= 4 is 12.3 Å². The van der Waals surface area contributed by atoms with Gasteiger partial charge >= 0.3 is 5.97 Å². The summed E-state index contributed by atoms with van der Waals surface area (Å²) in [5, 5.41) is 0. The van der Waals surface area contributed by atoms with Crippen LogP contribution in [0.3, 0.4) is 0 Å². The average molecular weight is 154 g/mol. The van der Waals surface area contributed by atoms with E-state index in [4.69, 9.17) is 4.74 Å². The van der Waals surface area contributed by atoms with Crippen molar-refractivity contribution in [2.24, 2.45) is 5.92 Å². The second-order valence-electron chi connectivity index (χ2n) is 2.44. The summed E-state index contributed by atoms with van der Waals surface area (Å²) in [6.45, 7) is 2.14. The molecule has 1 aliphatic heterocycles. The van der Waals surface area contributed by atoms with Crippen LogP contribution in [-0.2, 0) is 14.3 Å². The van der Waals surface area contributed by atoms with Crippen molar-refractivity contribution < 1.29 is 14.3 Å².